The second-order valence-electron chi connectivity index (χ2n) is 1.74. The Bertz CT molecular complexity index is 82.0. The van der Waals surface area contributed by atoms with Gasteiger partial charge in [0.05, 0.1) is 26.4 Å². The summed E-state index contributed by atoms with van der Waals surface area (Å²) >= 11 is 0. The average molecular weight is 172 g/mol. The molecule has 0 unspecified atom stereocenters. The Balaban J connectivity index is -0.000000124. The second-order valence-corrected chi connectivity index (χ2v) is 1.74. The normalized spacial score (nSPS) is 15.4. The van der Waals surface area contributed by atoms with E-state index >= 15 is 0 Å². The van der Waals surface area contributed by atoms with E-state index in [0.717, 1.165) is 33.4 Å². The molecular weight excluding hydrogens is 159 g/mol. The molecule has 1 fully saturated rings. The Morgan fingerprint density at radius 2 is 1.45 bits per heavy atom. The number of rotatable bonds is 0. The maximum atomic E-state index is 9.00. The fourth-order valence-corrected chi connectivity index (χ4v) is 0.440. The van der Waals surface area contributed by atoms with Gasteiger partial charge in [-0.15, -0.1) is 0 Å². The SMILES string of the molecule is C1COCCO1.CC(=O)O.[H-].[Na+]. The third kappa shape index (κ3) is 17.9. The summed E-state index contributed by atoms with van der Waals surface area (Å²) in [5, 5.41) is 7.42. The van der Waals surface area contributed by atoms with Crippen molar-refractivity contribution in [3.8, 4) is 0 Å². The minimum atomic E-state index is -0.833. The first-order valence-electron chi connectivity index (χ1n) is 3.08. The van der Waals surface area contributed by atoms with E-state index in [2.05, 4.69) is 0 Å². The molecule has 0 aromatic heterocycles. The third-order valence-electron chi connectivity index (χ3n) is 0.744. The minimum Gasteiger partial charge on any atom is -1.00 e. The molecule has 0 aliphatic carbocycles. The van der Waals surface area contributed by atoms with E-state index in [-0.39, 0.29) is 31.0 Å². The van der Waals surface area contributed by atoms with E-state index in [0.29, 0.717) is 0 Å². The average Bonchev–Trinajstić information content (AvgIpc) is 1.90. The number of aliphatic carboxylic acids is 1. The molecule has 1 aliphatic heterocycles. The van der Waals surface area contributed by atoms with Crippen LogP contribution in [0.2, 0.25) is 0 Å². The number of ether oxygens (including phenoxy) is 2. The van der Waals surface area contributed by atoms with Crippen LogP contribution in [-0.4, -0.2) is 37.5 Å². The second kappa shape index (κ2) is 10.4. The predicted octanol–water partition coefficient (Wildman–Crippen LogP) is -2.76. The summed E-state index contributed by atoms with van der Waals surface area (Å²) in [6.07, 6.45) is 0. The molecule has 1 heterocycles. The fraction of sp³-hybridized carbons (Fsp3) is 0.833. The van der Waals surface area contributed by atoms with Crippen molar-refractivity contribution in [2.75, 3.05) is 26.4 Å². The van der Waals surface area contributed by atoms with Gasteiger partial charge in [0, 0.05) is 6.92 Å². The first kappa shape index (κ1) is 13.9. The van der Waals surface area contributed by atoms with Crippen LogP contribution >= 0.6 is 0 Å². The predicted molar refractivity (Wildman–Crippen MR) is 36.1 cm³/mol. The van der Waals surface area contributed by atoms with E-state index in [1.54, 1.807) is 0 Å². The van der Waals surface area contributed by atoms with Gasteiger partial charge in [0.15, 0.2) is 0 Å². The molecule has 0 bridgehead atoms. The summed E-state index contributed by atoms with van der Waals surface area (Å²) in [6.45, 7) is 4.19. The van der Waals surface area contributed by atoms with Gasteiger partial charge in [-0.3, -0.25) is 4.79 Å². The van der Waals surface area contributed by atoms with Crippen LogP contribution < -0.4 is 29.6 Å². The molecule has 0 aromatic rings. The summed E-state index contributed by atoms with van der Waals surface area (Å²) in [4.78, 5) is 9.00. The van der Waals surface area contributed by atoms with Crippen LogP contribution in [0.5, 0.6) is 0 Å². The van der Waals surface area contributed by atoms with Crippen LogP contribution in [0.25, 0.3) is 0 Å². The van der Waals surface area contributed by atoms with E-state index in [9.17, 15) is 0 Å². The van der Waals surface area contributed by atoms with Gasteiger partial charge in [0.1, 0.15) is 0 Å². The summed E-state index contributed by atoms with van der Waals surface area (Å²) < 4.78 is 9.89. The molecule has 11 heavy (non-hydrogen) atoms. The molecule has 0 radical (unpaired) electrons. The smallest absolute Gasteiger partial charge is 1.00 e. The van der Waals surface area contributed by atoms with Crippen molar-refractivity contribution in [2.24, 2.45) is 0 Å². The summed E-state index contributed by atoms with van der Waals surface area (Å²) in [7, 11) is 0. The molecule has 5 heteroatoms. The van der Waals surface area contributed by atoms with Crippen LogP contribution in [0.1, 0.15) is 8.35 Å². The van der Waals surface area contributed by atoms with E-state index < -0.39 is 5.97 Å². The zero-order chi connectivity index (χ0) is 7.82. The summed E-state index contributed by atoms with van der Waals surface area (Å²) in [6, 6.07) is 0. The fourth-order valence-electron chi connectivity index (χ4n) is 0.440. The summed E-state index contributed by atoms with van der Waals surface area (Å²) in [5.41, 5.74) is 0. The molecule has 0 amide bonds. The standard InChI is InChI=1S/C4H8O2.C2H4O2.Na.H/c1-2-6-4-3-5-1;1-2(3)4;;/h1-4H2;1H3,(H,3,4);;/q;;+1;-1. The summed E-state index contributed by atoms with van der Waals surface area (Å²) in [5.74, 6) is -0.833. The van der Waals surface area contributed by atoms with E-state index in [1.807, 2.05) is 0 Å². The molecule has 0 atom stereocenters. The van der Waals surface area contributed by atoms with Gasteiger partial charge in [-0.2, -0.15) is 0 Å². The number of carboxylic acid groups (broad SMARTS) is 1. The third-order valence-corrected chi connectivity index (χ3v) is 0.744. The zero-order valence-corrected chi connectivity index (χ0v) is 9.00. The molecule has 1 saturated heterocycles. The molecule has 1 rings (SSSR count). The molecule has 0 saturated carbocycles. The molecule has 0 aromatic carbocycles. The first-order valence-corrected chi connectivity index (χ1v) is 3.08. The molecule has 62 valence electrons. The number of carbonyl (C=O) groups is 1. The minimum absolute atomic E-state index is 0. The Hall–Kier alpha value is 0.390. The van der Waals surface area contributed by atoms with Crippen molar-refractivity contribution in [2.45, 2.75) is 6.92 Å². The van der Waals surface area contributed by atoms with Gasteiger partial charge >= 0.3 is 29.6 Å². The zero-order valence-electron chi connectivity index (χ0n) is 8.00. The maximum absolute atomic E-state index is 9.00. The van der Waals surface area contributed by atoms with Crippen molar-refractivity contribution in [1.29, 1.82) is 0 Å². The molecule has 4 nitrogen and oxygen atoms in total. The monoisotopic (exact) mass is 172 g/mol. The Morgan fingerprint density at radius 1 is 1.27 bits per heavy atom. The topological polar surface area (TPSA) is 55.8 Å². The Kier molecular flexibility index (Phi) is 13.2. The van der Waals surface area contributed by atoms with Crippen LogP contribution in [-0.2, 0) is 14.3 Å². The molecule has 1 aliphatic rings. The van der Waals surface area contributed by atoms with Crippen LogP contribution in [0.3, 0.4) is 0 Å². The number of hydrogen-bond donors (Lipinski definition) is 1. The number of carboxylic acids is 1. The molecule has 1 N–H and O–H groups in total. The van der Waals surface area contributed by atoms with Crippen molar-refractivity contribution < 1.29 is 50.4 Å². The quantitative estimate of drug-likeness (QED) is 0.402. The van der Waals surface area contributed by atoms with Gasteiger partial charge in [-0.1, -0.05) is 0 Å². The van der Waals surface area contributed by atoms with Gasteiger partial charge in [-0.05, 0) is 0 Å². The van der Waals surface area contributed by atoms with E-state index in [4.69, 9.17) is 19.4 Å². The molecular formula is C6H13NaO4. The number of hydrogen-bond acceptors (Lipinski definition) is 3. The van der Waals surface area contributed by atoms with Crippen LogP contribution in [0, 0.1) is 0 Å². The Labute approximate surface area is 89.6 Å². The maximum Gasteiger partial charge on any atom is 1.00 e. The van der Waals surface area contributed by atoms with Crippen molar-refractivity contribution in [3.05, 3.63) is 0 Å². The van der Waals surface area contributed by atoms with Crippen molar-refractivity contribution >= 4 is 5.97 Å². The van der Waals surface area contributed by atoms with E-state index in [1.165, 1.54) is 0 Å². The van der Waals surface area contributed by atoms with Gasteiger partial charge in [0.25, 0.3) is 5.97 Å². The van der Waals surface area contributed by atoms with Gasteiger partial charge in [-0.25, -0.2) is 0 Å². The van der Waals surface area contributed by atoms with Gasteiger partial charge in [0.2, 0.25) is 0 Å². The van der Waals surface area contributed by atoms with Crippen molar-refractivity contribution in [1.82, 2.24) is 0 Å². The molecule has 0 spiro atoms. The first-order chi connectivity index (χ1) is 4.73. The van der Waals surface area contributed by atoms with Crippen LogP contribution in [0.4, 0.5) is 0 Å². The Morgan fingerprint density at radius 3 is 1.55 bits per heavy atom. The van der Waals surface area contributed by atoms with Crippen molar-refractivity contribution in [3.63, 3.8) is 0 Å². The van der Waals surface area contributed by atoms with Crippen LogP contribution in [0.15, 0.2) is 0 Å². The van der Waals surface area contributed by atoms with Gasteiger partial charge < -0.3 is 16.0 Å². The largest absolute Gasteiger partial charge is 1.00 e.